The summed E-state index contributed by atoms with van der Waals surface area (Å²) in [4.78, 5) is 32.1. The lowest BCUT2D eigenvalue weighted by molar-refractivity contribution is -0.147. The number of hydrogen-bond donors (Lipinski definition) is 0. The number of ether oxygens (including phenoxy) is 1. The maximum Gasteiger partial charge on any atom is 0.262 e. The van der Waals surface area contributed by atoms with Crippen LogP contribution in [0.2, 0.25) is 0 Å². The number of fused-ring (bicyclic) bond motifs is 1. The third-order valence-electron chi connectivity index (χ3n) is 4.32. The van der Waals surface area contributed by atoms with Crippen LogP contribution in [0, 0.1) is 0 Å². The molecule has 1 aliphatic rings. The van der Waals surface area contributed by atoms with Crippen LogP contribution in [0.1, 0.15) is 0 Å². The normalized spacial score (nSPS) is 18.0. The van der Waals surface area contributed by atoms with Crippen LogP contribution in [0.4, 0.5) is 0 Å². The molecule has 1 aliphatic heterocycles. The van der Waals surface area contributed by atoms with Crippen molar-refractivity contribution in [2.75, 3.05) is 20.2 Å². The zero-order valence-corrected chi connectivity index (χ0v) is 14.5. The minimum Gasteiger partial charge on any atom is -0.365 e. The van der Waals surface area contributed by atoms with Crippen molar-refractivity contribution in [2.24, 2.45) is 0 Å². The zero-order chi connectivity index (χ0) is 17.4. The number of aromatic nitrogens is 2. The Kier molecular flexibility index (Phi) is 4.10. The molecule has 0 radical (unpaired) electrons. The fourth-order valence-electron chi connectivity index (χ4n) is 2.92. The molecule has 25 heavy (non-hydrogen) atoms. The van der Waals surface area contributed by atoms with Crippen LogP contribution >= 0.6 is 11.3 Å². The van der Waals surface area contributed by atoms with Crippen molar-refractivity contribution in [1.82, 2.24) is 14.5 Å². The number of thiophene rings is 1. The van der Waals surface area contributed by atoms with Gasteiger partial charge in [0.05, 0.1) is 24.4 Å². The van der Waals surface area contributed by atoms with E-state index in [0.717, 1.165) is 15.3 Å². The lowest BCUT2D eigenvalue weighted by Gasteiger charge is -2.30. The van der Waals surface area contributed by atoms with E-state index in [-0.39, 0.29) is 24.2 Å². The highest BCUT2D eigenvalue weighted by Gasteiger charge is 2.24. The summed E-state index contributed by atoms with van der Waals surface area (Å²) in [6, 6.07) is 11.9. The Morgan fingerprint density at radius 1 is 1.28 bits per heavy atom. The molecular weight excluding hydrogens is 338 g/mol. The summed E-state index contributed by atoms with van der Waals surface area (Å²) >= 11 is 1.51. The second-order valence-corrected chi connectivity index (χ2v) is 7.14. The smallest absolute Gasteiger partial charge is 0.262 e. The molecule has 3 aromatic rings. The molecule has 0 bridgehead atoms. The predicted molar refractivity (Wildman–Crippen MR) is 96.7 cm³/mol. The Labute approximate surface area is 148 Å². The van der Waals surface area contributed by atoms with E-state index < -0.39 is 0 Å². The van der Waals surface area contributed by atoms with Crippen LogP contribution in [0.15, 0.2) is 47.5 Å². The molecule has 4 rings (SSSR count). The monoisotopic (exact) mass is 355 g/mol. The van der Waals surface area contributed by atoms with Crippen LogP contribution in [-0.2, 0) is 16.1 Å². The van der Waals surface area contributed by atoms with E-state index in [2.05, 4.69) is 4.98 Å². The molecule has 1 amide bonds. The second kappa shape index (κ2) is 6.42. The van der Waals surface area contributed by atoms with Crippen molar-refractivity contribution in [3.8, 4) is 10.4 Å². The van der Waals surface area contributed by atoms with E-state index in [1.54, 1.807) is 22.8 Å². The van der Waals surface area contributed by atoms with Crippen molar-refractivity contribution in [1.29, 1.82) is 0 Å². The van der Waals surface area contributed by atoms with Gasteiger partial charge >= 0.3 is 0 Å². The molecule has 6 nitrogen and oxygen atoms in total. The molecule has 0 unspecified atom stereocenters. The van der Waals surface area contributed by atoms with Gasteiger partial charge in [-0.05, 0) is 11.6 Å². The number of carbonyl (C=O) groups is 1. The molecule has 128 valence electrons. The molecule has 7 heteroatoms. The lowest BCUT2D eigenvalue weighted by Crippen LogP contribution is -2.46. The first-order valence-electron chi connectivity index (χ1n) is 8.02. The van der Waals surface area contributed by atoms with Gasteiger partial charge in [0.15, 0.2) is 0 Å². The van der Waals surface area contributed by atoms with Crippen molar-refractivity contribution < 1.29 is 9.53 Å². The first-order chi connectivity index (χ1) is 12.1. The fraction of sp³-hybridized carbons (Fsp3) is 0.278. The standard InChI is InChI=1S/C18H17N3O3S/c1-20-8-13(24-10-16(20)22)9-21-11-19-17-14(18(21)23)7-15(25-17)12-5-3-2-4-6-12/h2-7,11,13H,8-10H2,1H3/t13-/m0/s1. The van der Waals surface area contributed by atoms with Gasteiger partial charge in [0.25, 0.3) is 5.56 Å². The first-order valence-corrected chi connectivity index (χ1v) is 8.83. The SMILES string of the molecule is CN1C[C@@H](Cn2cnc3sc(-c4ccccc4)cc3c2=O)OCC1=O. The molecule has 1 atom stereocenters. The van der Waals surface area contributed by atoms with Gasteiger partial charge in [-0.25, -0.2) is 4.98 Å². The van der Waals surface area contributed by atoms with E-state index in [0.29, 0.717) is 18.5 Å². The molecule has 1 aromatic carbocycles. The summed E-state index contributed by atoms with van der Waals surface area (Å²) < 4.78 is 7.10. The Morgan fingerprint density at radius 3 is 2.84 bits per heavy atom. The predicted octanol–water partition coefficient (Wildman–Crippen LogP) is 1.98. The number of carbonyl (C=O) groups excluding carboxylic acids is 1. The fourth-order valence-corrected chi connectivity index (χ4v) is 3.92. The third-order valence-corrected chi connectivity index (χ3v) is 5.41. The molecule has 3 heterocycles. The highest BCUT2D eigenvalue weighted by Crippen LogP contribution is 2.30. The number of amides is 1. The van der Waals surface area contributed by atoms with E-state index in [4.69, 9.17) is 4.74 Å². The van der Waals surface area contributed by atoms with Crippen LogP contribution in [0.5, 0.6) is 0 Å². The number of rotatable bonds is 3. The van der Waals surface area contributed by atoms with Gasteiger partial charge in [-0.1, -0.05) is 30.3 Å². The average Bonchev–Trinajstić information content (AvgIpc) is 3.06. The van der Waals surface area contributed by atoms with E-state index in [1.165, 1.54) is 11.3 Å². The summed E-state index contributed by atoms with van der Waals surface area (Å²) in [7, 11) is 1.74. The average molecular weight is 355 g/mol. The van der Waals surface area contributed by atoms with E-state index in [1.807, 2.05) is 36.4 Å². The molecule has 2 aromatic heterocycles. The van der Waals surface area contributed by atoms with Crippen LogP contribution in [-0.4, -0.2) is 46.7 Å². The van der Waals surface area contributed by atoms with Crippen LogP contribution < -0.4 is 5.56 Å². The van der Waals surface area contributed by atoms with Gasteiger partial charge in [-0.15, -0.1) is 11.3 Å². The molecule has 1 fully saturated rings. The Bertz CT molecular complexity index is 980. The van der Waals surface area contributed by atoms with Crippen molar-refractivity contribution in [3.63, 3.8) is 0 Å². The highest BCUT2D eigenvalue weighted by atomic mass is 32.1. The molecular formula is C18H17N3O3S. The van der Waals surface area contributed by atoms with Crippen LogP contribution in [0.3, 0.4) is 0 Å². The van der Waals surface area contributed by atoms with Gasteiger partial charge in [0.1, 0.15) is 11.4 Å². The summed E-state index contributed by atoms with van der Waals surface area (Å²) in [6.45, 7) is 0.917. The molecule has 1 saturated heterocycles. The van der Waals surface area contributed by atoms with Gasteiger partial charge in [-0.2, -0.15) is 0 Å². The number of nitrogens with zero attached hydrogens (tertiary/aromatic N) is 3. The van der Waals surface area contributed by atoms with Crippen LogP contribution in [0.25, 0.3) is 20.7 Å². The topological polar surface area (TPSA) is 64.4 Å². The molecule has 0 aliphatic carbocycles. The number of benzene rings is 1. The van der Waals surface area contributed by atoms with Gasteiger partial charge in [0.2, 0.25) is 5.91 Å². The number of morpholine rings is 1. The first kappa shape index (κ1) is 16.0. The van der Waals surface area contributed by atoms with Crippen molar-refractivity contribution >= 4 is 27.5 Å². The van der Waals surface area contributed by atoms with Gasteiger partial charge < -0.3 is 9.64 Å². The zero-order valence-electron chi connectivity index (χ0n) is 13.7. The van der Waals surface area contributed by atoms with E-state index >= 15 is 0 Å². The Balaban J connectivity index is 1.64. The third kappa shape index (κ3) is 3.08. The maximum atomic E-state index is 12.8. The minimum absolute atomic E-state index is 0.0393. The molecule has 0 spiro atoms. The minimum atomic E-state index is -0.202. The Hall–Kier alpha value is -2.51. The quantitative estimate of drug-likeness (QED) is 0.721. The van der Waals surface area contributed by atoms with Crippen molar-refractivity contribution in [2.45, 2.75) is 12.6 Å². The summed E-state index contributed by atoms with van der Waals surface area (Å²) in [6.07, 6.45) is 1.36. The summed E-state index contributed by atoms with van der Waals surface area (Å²) in [5, 5.41) is 0.617. The lowest BCUT2D eigenvalue weighted by atomic mass is 10.2. The highest BCUT2D eigenvalue weighted by molar-refractivity contribution is 7.21. The maximum absolute atomic E-state index is 12.8. The number of likely N-dealkylation sites (N-methyl/N-ethyl adjacent to an activating group) is 1. The second-order valence-electron chi connectivity index (χ2n) is 6.10. The van der Waals surface area contributed by atoms with Gasteiger partial charge in [0, 0.05) is 18.5 Å². The molecule has 0 saturated carbocycles. The van der Waals surface area contributed by atoms with Crippen molar-refractivity contribution in [3.05, 3.63) is 53.1 Å². The van der Waals surface area contributed by atoms with E-state index in [9.17, 15) is 9.59 Å². The summed E-state index contributed by atoms with van der Waals surface area (Å²) in [5.41, 5.74) is 0.999. The molecule has 0 N–H and O–H groups in total. The summed E-state index contributed by atoms with van der Waals surface area (Å²) in [5.74, 6) is -0.0393. The largest absolute Gasteiger partial charge is 0.365 e. The van der Waals surface area contributed by atoms with Gasteiger partial charge in [-0.3, -0.25) is 14.2 Å². The Morgan fingerprint density at radius 2 is 2.08 bits per heavy atom. The number of hydrogen-bond acceptors (Lipinski definition) is 5.